The van der Waals surface area contributed by atoms with Crippen LogP contribution in [-0.2, 0) is 23.0 Å². The van der Waals surface area contributed by atoms with Crippen molar-refractivity contribution in [3.63, 3.8) is 0 Å². The number of hydrogen-bond acceptors (Lipinski definition) is 8. The third-order valence-corrected chi connectivity index (χ3v) is 8.41. The number of primary amides is 1. The maximum atomic E-state index is 16.2. The number of carbonyl (C=O) groups excluding carboxylic acids is 1. The first kappa shape index (κ1) is 27.3. The molecule has 4 aromatic rings. The molecule has 11 nitrogen and oxygen atoms in total. The molecule has 0 aliphatic carbocycles. The Morgan fingerprint density at radius 1 is 1.05 bits per heavy atom. The summed E-state index contributed by atoms with van der Waals surface area (Å²) >= 11 is 0. The van der Waals surface area contributed by atoms with Gasteiger partial charge in [0.2, 0.25) is 11.9 Å². The van der Waals surface area contributed by atoms with E-state index in [4.69, 9.17) is 30.4 Å². The molecule has 1 amide bonds. The quantitative estimate of drug-likeness (QED) is 0.381. The molecule has 0 saturated carbocycles. The van der Waals surface area contributed by atoms with Crippen molar-refractivity contribution < 1.29 is 13.9 Å². The standard InChI is InChI=1S/C29H36FN9O2/c1-5-21-32-19-8-6-7-9-20(19)39(21)28-34-25-23(26(35-28)37-14-16-41-17-15-37)33-24(36(25)4)22(30)18-10-12-38(13-11-18)29(2,3)27(31)40/h6-9H,5,10-17H2,1-4H3,(H2,31,40). The van der Waals surface area contributed by atoms with Crippen molar-refractivity contribution in [1.29, 1.82) is 0 Å². The van der Waals surface area contributed by atoms with E-state index in [1.54, 1.807) is 11.6 Å². The van der Waals surface area contributed by atoms with E-state index in [1.807, 2.05) is 47.6 Å². The van der Waals surface area contributed by atoms with E-state index in [-0.39, 0.29) is 17.6 Å². The van der Waals surface area contributed by atoms with E-state index in [2.05, 4.69) is 11.8 Å². The first-order valence-electron chi connectivity index (χ1n) is 14.2. The summed E-state index contributed by atoms with van der Waals surface area (Å²) in [5.74, 6) is 1.48. The number of para-hydroxylation sites is 2. The SMILES string of the molecule is CCc1nc2ccccc2n1-c1nc(N2CCOCC2)c2nc(C(F)=C3CCN(C(C)(C)C(N)=O)CC3)n(C)c2n1. The van der Waals surface area contributed by atoms with E-state index in [0.717, 1.165) is 16.9 Å². The molecule has 0 radical (unpaired) electrons. The van der Waals surface area contributed by atoms with Gasteiger partial charge in [0, 0.05) is 39.6 Å². The molecule has 2 N–H and O–H groups in total. The molecule has 2 saturated heterocycles. The zero-order chi connectivity index (χ0) is 28.9. The number of morpholine rings is 1. The number of carbonyl (C=O) groups is 1. The van der Waals surface area contributed by atoms with Gasteiger partial charge in [0.1, 0.15) is 5.82 Å². The molecule has 0 bridgehead atoms. The second kappa shape index (κ2) is 10.5. The fraction of sp³-hybridized carbons (Fsp3) is 0.483. The van der Waals surface area contributed by atoms with Crippen molar-refractivity contribution in [1.82, 2.24) is 34.0 Å². The minimum atomic E-state index is -0.784. The van der Waals surface area contributed by atoms with Crippen LogP contribution in [0.15, 0.2) is 29.8 Å². The minimum absolute atomic E-state index is 0.227. The van der Waals surface area contributed by atoms with Crippen LogP contribution in [0.25, 0.3) is 34.0 Å². The molecule has 0 unspecified atom stereocenters. The monoisotopic (exact) mass is 561 g/mol. The number of halogens is 1. The summed E-state index contributed by atoms with van der Waals surface area (Å²) in [7, 11) is 1.79. The van der Waals surface area contributed by atoms with Crippen LogP contribution < -0.4 is 10.6 Å². The molecular weight excluding hydrogens is 525 g/mol. The van der Waals surface area contributed by atoms with Crippen LogP contribution in [0, 0.1) is 0 Å². The zero-order valence-electron chi connectivity index (χ0n) is 24.0. The van der Waals surface area contributed by atoms with Crippen molar-refractivity contribution in [3.05, 3.63) is 41.5 Å². The summed E-state index contributed by atoms with van der Waals surface area (Å²) in [5, 5.41) is 0. The summed E-state index contributed by atoms with van der Waals surface area (Å²) in [6, 6.07) is 7.92. The Kier molecular flexibility index (Phi) is 6.98. The number of nitrogens with zero attached hydrogens (tertiary/aromatic N) is 8. The van der Waals surface area contributed by atoms with E-state index in [0.29, 0.717) is 87.2 Å². The Balaban J connectivity index is 1.47. The number of anilines is 1. The Morgan fingerprint density at radius 2 is 1.76 bits per heavy atom. The minimum Gasteiger partial charge on any atom is -0.378 e. The van der Waals surface area contributed by atoms with Crippen LogP contribution in [0.4, 0.5) is 10.2 Å². The molecule has 0 atom stereocenters. The fourth-order valence-corrected chi connectivity index (χ4v) is 5.73. The maximum Gasteiger partial charge on any atom is 0.239 e. The topological polar surface area (TPSA) is 120 Å². The molecule has 1 aromatic carbocycles. The Bertz CT molecular complexity index is 1660. The van der Waals surface area contributed by atoms with Crippen molar-refractivity contribution in [2.45, 2.75) is 45.6 Å². The largest absolute Gasteiger partial charge is 0.378 e. The van der Waals surface area contributed by atoms with Gasteiger partial charge < -0.3 is 19.9 Å². The van der Waals surface area contributed by atoms with Gasteiger partial charge in [-0.3, -0.25) is 14.3 Å². The first-order valence-corrected chi connectivity index (χ1v) is 14.2. The molecule has 2 fully saturated rings. The molecule has 41 heavy (non-hydrogen) atoms. The van der Waals surface area contributed by atoms with Gasteiger partial charge in [-0.05, 0) is 44.4 Å². The van der Waals surface area contributed by atoms with Gasteiger partial charge in [-0.2, -0.15) is 9.97 Å². The van der Waals surface area contributed by atoms with Crippen LogP contribution in [0.5, 0.6) is 0 Å². The highest BCUT2D eigenvalue weighted by Gasteiger charge is 2.35. The van der Waals surface area contributed by atoms with E-state index in [9.17, 15) is 4.79 Å². The highest BCUT2D eigenvalue weighted by atomic mass is 19.1. The van der Waals surface area contributed by atoms with Gasteiger partial charge in [-0.15, -0.1) is 0 Å². The molecule has 0 spiro atoms. The highest BCUT2D eigenvalue weighted by Crippen LogP contribution is 2.34. The van der Waals surface area contributed by atoms with Gasteiger partial charge in [0.15, 0.2) is 28.6 Å². The lowest BCUT2D eigenvalue weighted by Gasteiger charge is -2.39. The van der Waals surface area contributed by atoms with Crippen LogP contribution in [0.3, 0.4) is 0 Å². The number of rotatable bonds is 6. The summed E-state index contributed by atoms with van der Waals surface area (Å²) in [5.41, 5.74) is 8.39. The summed E-state index contributed by atoms with van der Waals surface area (Å²) in [6.45, 7) is 9.20. The van der Waals surface area contributed by atoms with Gasteiger partial charge in [0.05, 0.1) is 29.8 Å². The summed E-state index contributed by atoms with van der Waals surface area (Å²) < 4.78 is 25.5. The Hall–Kier alpha value is -3.90. The zero-order valence-corrected chi connectivity index (χ0v) is 24.0. The highest BCUT2D eigenvalue weighted by molar-refractivity contribution is 5.88. The van der Waals surface area contributed by atoms with Crippen molar-refractivity contribution in [2.75, 3.05) is 44.3 Å². The molecule has 2 aliphatic rings. The fourth-order valence-electron chi connectivity index (χ4n) is 5.73. The van der Waals surface area contributed by atoms with E-state index < -0.39 is 5.54 Å². The number of likely N-dealkylation sites (tertiary alicyclic amines) is 1. The second-order valence-corrected chi connectivity index (χ2v) is 11.1. The van der Waals surface area contributed by atoms with Crippen LogP contribution >= 0.6 is 0 Å². The molecule has 12 heteroatoms. The number of imidazole rings is 2. The average molecular weight is 562 g/mol. The van der Waals surface area contributed by atoms with Crippen molar-refractivity contribution in [3.8, 4) is 5.95 Å². The third-order valence-electron chi connectivity index (χ3n) is 8.41. The number of fused-ring (bicyclic) bond motifs is 2. The smallest absolute Gasteiger partial charge is 0.239 e. The molecule has 216 valence electrons. The molecule has 6 rings (SSSR count). The lowest BCUT2D eigenvalue weighted by molar-refractivity contribution is -0.128. The second-order valence-electron chi connectivity index (χ2n) is 11.1. The number of benzene rings is 1. The Morgan fingerprint density at radius 3 is 2.44 bits per heavy atom. The summed E-state index contributed by atoms with van der Waals surface area (Å²) in [6.07, 6.45) is 1.67. The lowest BCUT2D eigenvalue weighted by atomic mass is 9.95. The Labute approximate surface area is 237 Å². The maximum absolute atomic E-state index is 16.2. The predicted molar refractivity (Wildman–Crippen MR) is 155 cm³/mol. The predicted octanol–water partition coefficient (Wildman–Crippen LogP) is 3.14. The number of hydrogen-bond donors (Lipinski definition) is 1. The number of amides is 1. The lowest BCUT2D eigenvalue weighted by Crippen LogP contribution is -2.55. The molecule has 5 heterocycles. The van der Waals surface area contributed by atoms with Gasteiger partial charge >= 0.3 is 0 Å². The molecular formula is C29H36FN9O2. The number of nitrogens with two attached hydrogens (primary N) is 1. The van der Waals surface area contributed by atoms with Crippen LogP contribution in [0.2, 0.25) is 0 Å². The average Bonchev–Trinajstić information content (AvgIpc) is 3.54. The third kappa shape index (κ3) is 4.64. The number of piperidine rings is 1. The van der Waals surface area contributed by atoms with E-state index in [1.165, 1.54) is 0 Å². The number of aromatic nitrogens is 6. The van der Waals surface area contributed by atoms with Gasteiger partial charge in [-0.25, -0.2) is 14.4 Å². The number of ether oxygens (including phenoxy) is 1. The van der Waals surface area contributed by atoms with Gasteiger partial charge in [-0.1, -0.05) is 19.1 Å². The summed E-state index contributed by atoms with van der Waals surface area (Å²) in [4.78, 5) is 35.7. The van der Waals surface area contributed by atoms with Crippen LogP contribution in [0.1, 0.15) is 45.3 Å². The molecule has 3 aromatic heterocycles. The van der Waals surface area contributed by atoms with Crippen molar-refractivity contribution in [2.24, 2.45) is 12.8 Å². The van der Waals surface area contributed by atoms with E-state index >= 15 is 4.39 Å². The normalized spacial score (nSPS) is 17.1. The van der Waals surface area contributed by atoms with Gasteiger partial charge in [0.25, 0.3) is 0 Å². The number of aryl methyl sites for hydroxylation is 2. The molecule has 2 aliphatic heterocycles. The van der Waals surface area contributed by atoms with Crippen molar-refractivity contribution >= 4 is 39.7 Å². The van der Waals surface area contributed by atoms with Crippen LogP contribution in [-0.4, -0.2) is 84.8 Å². The first-order chi connectivity index (χ1) is 19.7.